The van der Waals surface area contributed by atoms with Gasteiger partial charge in [0.15, 0.2) is 0 Å². The zero-order valence-electron chi connectivity index (χ0n) is 15.4. The van der Waals surface area contributed by atoms with Gasteiger partial charge in [-0.3, -0.25) is 4.79 Å². The Morgan fingerprint density at radius 1 is 1.42 bits per heavy atom. The number of ether oxygens (including phenoxy) is 1. The van der Waals surface area contributed by atoms with Crippen molar-refractivity contribution >= 4 is 33.1 Å². The van der Waals surface area contributed by atoms with Gasteiger partial charge in [-0.2, -0.15) is 8.42 Å². The summed E-state index contributed by atoms with van der Waals surface area (Å²) in [5.41, 5.74) is 1.05. The molecule has 0 radical (unpaired) electrons. The molecule has 2 aliphatic heterocycles. The Balaban J connectivity index is 1.97. The van der Waals surface area contributed by atoms with E-state index >= 15 is 0 Å². The third kappa shape index (κ3) is 3.76. The number of nitrogens with one attached hydrogen (secondary N) is 1. The summed E-state index contributed by atoms with van der Waals surface area (Å²) in [4.78, 5) is 14.0. The van der Waals surface area contributed by atoms with Gasteiger partial charge in [0.2, 0.25) is 5.91 Å². The average molecular weight is 379 g/mol. The molecule has 1 aromatic rings. The fourth-order valence-corrected chi connectivity index (χ4v) is 4.46. The summed E-state index contributed by atoms with van der Waals surface area (Å²) in [7, 11) is -3.79. The van der Waals surface area contributed by atoms with Crippen LogP contribution in [0.4, 0.5) is 11.4 Å². The Bertz CT molecular complexity index is 827. The molecule has 0 saturated carbocycles. The van der Waals surface area contributed by atoms with Crippen LogP contribution in [0.1, 0.15) is 40.0 Å². The largest absolute Gasteiger partial charge is 0.376 e. The topological polar surface area (TPSA) is 88.1 Å². The molecule has 0 aromatic heterocycles. The monoisotopic (exact) mass is 379 g/mol. The van der Waals surface area contributed by atoms with E-state index in [-0.39, 0.29) is 22.8 Å². The van der Waals surface area contributed by atoms with Crippen LogP contribution >= 0.6 is 0 Å². The number of sulfonamides is 1. The second kappa shape index (κ2) is 7.36. The van der Waals surface area contributed by atoms with Crippen molar-refractivity contribution in [3.05, 3.63) is 18.2 Å². The molecule has 142 valence electrons. The van der Waals surface area contributed by atoms with Crippen molar-refractivity contribution in [3.63, 3.8) is 0 Å². The van der Waals surface area contributed by atoms with Crippen LogP contribution in [0.15, 0.2) is 27.5 Å². The number of nitrogens with zero attached hydrogens (tertiary/aromatic N) is 2. The molecule has 26 heavy (non-hydrogen) atoms. The number of benzene rings is 1. The summed E-state index contributed by atoms with van der Waals surface area (Å²) in [6.07, 6.45) is 2.55. The second-order valence-corrected chi connectivity index (χ2v) is 8.48. The van der Waals surface area contributed by atoms with Gasteiger partial charge < -0.3 is 15.0 Å². The quantitative estimate of drug-likeness (QED) is 0.850. The van der Waals surface area contributed by atoms with E-state index in [0.717, 1.165) is 19.4 Å². The molecule has 7 nitrogen and oxygen atoms in total. The lowest BCUT2D eigenvalue weighted by Gasteiger charge is -2.32. The molecule has 8 heteroatoms. The van der Waals surface area contributed by atoms with Gasteiger partial charge in [0, 0.05) is 24.6 Å². The van der Waals surface area contributed by atoms with Gasteiger partial charge in [-0.15, -0.1) is 4.40 Å². The zero-order valence-corrected chi connectivity index (χ0v) is 16.2. The summed E-state index contributed by atoms with van der Waals surface area (Å²) >= 11 is 0. The lowest BCUT2D eigenvalue weighted by atomic mass is 10.1. The first-order valence-electron chi connectivity index (χ1n) is 8.99. The van der Waals surface area contributed by atoms with Crippen LogP contribution in [-0.2, 0) is 19.6 Å². The summed E-state index contributed by atoms with van der Waals surface area (Å²) in [6, 6.07) is 4.96. The van der Waals surface area contributed by atoms with Crippen molar-refractivity contribution in [2.45, 2.75) is 51.0 Å². The normalized spacial score (nSPS) is 21.5. The average Bonchev–Trinajstić information content (AvgIpc) is 3.10. The highest BCUT2D eigenvalue weighted by molar-refractivity contribution is 7.90. The lowest BCUT2D eigenvalue weighted by molar-refractivity contribution is -0.118. The maximum Gasteiger partial charge on any atom is 0.286 e. The highest BCUT2D eigenvalue weighted by atomic mass is 32.2. The van der Waals surface area contributed by atoms with Gasteiger partial charge in [0.25, 0.3) is 10.0 Å². The first kappa shape index (κ1) is 18.8. The first-order valence-corrected chi connectivity index (χ1v) is 10.4. The van der Waals surface area contributed by atoms with E-state index in [0.29, 0.717) is 30.2 Å². The van der Waals surface area contributed by atoms with Gasteiger partial charge >= 0.3 is 0 Å². The molecule has 0 aliphatic carbocycles. The third-order valence-electron chi connectivity index (χ3n) is 4.58. The molecule has 1 amide bonds. The van der Waals surface area contributed by atoms with Gasteiger partial charge in [-0.25, -0.2) is 0 Å². The minimum atomic E-state index is -3.79. The van der Waals surface area contributed by atoms with Gasteiger partial charge in [-0.05, 0) is 31.0 Å². The Labute approximate surface area is 154 Å². The van der Waals surface area contributed by atoms with Crippen LogP contribution in [0.5, 0.6) is 0 Å². The number of anilines is 2. The molecule has 1 atom stereocenters. The highest BCUT2D eigenvalue weighted by Crippen LogP contribution is 2.35. The van der Waals surface area contributed by atoms with Crippen molar-refractivity contribution in [2.75, 3.05) is 23.4 Å². The Kier molecular flexibility index (Phi) is 5.34. The maximum atomic E-state index is 12.6. The summed E-state index contributed by atoms with van der Waals surface area (Å²) in [5, 5.41) is 2.75. The number of fused-ring (bicyclic) bond motifs is 1. The van der Waals surface area contributed by atoms with Crippen LogP contribution in [0.3, 0.4) is 0 Å². The zero-order chi connectivity index (χ0) is 18.9. The summed E-state index contributed by atoms with van der Waals surface area (Å²) in [5.74, 6) is 0.169. The number of carbonyl (C=O) groups excluding carboxylic acids is 1. The lowest BCUT2D eigenvalue weighted by Crippen LogP contribution is -2.40. The molecule has 1 fully saturated rings. The molecular formula is C18H25N3O4S. The Morgan fingerprint density at radius 2 is 2.19 bits per heavy atom. The molecule has 3 rings (SSSR count). The Hall–Kier alpha value is -1.93. The minimum Gasteiger partial charge on any atom is -0.376 e. The molecule has 1 N–H and O–H groups in total. The van der Waals surface area contributed by atoms with E-state index in [4.69, 9.17) is 4.74 Å². The van der Waals surface area contributed by atoms with Crippen LogP contribution in [0.25, 0.3) is 0 Å². The predicted octanol–water partition coefficient (Wildman–Crippen LogP) is 2.78. The molecule has 1 aromatic carbocycles. The van der Waals surface area contributed by atoms with Gasteiger partial charge in [-0.1, -0.05) is 20.8 Å². The van der Waals surface area contributed by atoms with E-state index in [1.165, 1.54) is 6.07 Å². The molecule has 2 aliphatic rings. The van der Waals surface area contributed by atoms with Crippen molar-refractivity contribution in [2.24, 2.45) is 10.3 Å². The third-order valence-corrected chi connectivity index (χ3v) is 5.92. The van der Waals surface area contributed by atoms with Crippen LogP contribution < -0.4 is 10.2 Å². The fraction of sp³-hybridized carbons (Fsp3) is 0.556. The number of hydrogen-bond donors (Lipinski definition) is 1. The van der Waals surface area contributed by atoms with Crippen molar-refractivity contribution in [1.29, 1.82) is 0 Å². The molecule has 1 saturated heterocycles. The maximum absolute atomic E-state index is 12.6. The number of amidine groups is 1. The summed E-state index contributed by atoms with van der Waals surface area (Å²) < 4.78 is 35.0. The molecule has 0 unspecified atom stereocenters. The van der Waals surface area contributed by atoms with E-state index in [1.807, 2.05) is 11.8 Å². The van der Waals surface area contributed by atoms with Crippen LogP contribution in [0, 0.1) is 5.92 Å². The Morgan fingerprint density at radius 3 is 2.81 bits per heavy atom. The van der Waals surface area contributed by atoms with Crippen molar-refractivity contribution in [3.8, 4) is 0 Å². The summed E-state index contributed by atoms with van der Waals surface area (Å²) in [6.45, 7) is 6.77. The van der Waals surface area contributed by atoms with Crippen LogP contribution in [0.2, 0.25) is 0 Å². The SMILES string of the molecule is CCC1=NS(=O)(=O)c2cc(NC(=O)C(C)C)ccc2N1C[C@@H]1CCCO1. The molecule has 2 heterocycles. The predicted molar refractivity (Wildman–Crippen MR) is 101 cm³/mol. The molecular weight excluding hydrogens is 354 g/mol. The smallest absolute Gasteiger partial charge is 0.286 e. The standard InChI is InChI=1S/C18H25N3O4S/c1-4-17-20-26(23,24)16-10-13(19-18(22)12(2)3)7-8-15(16)21(17)11-14-6-5-9-25-14/h7-8,10,12,14H,4-6,9,11H2,1-3H3,(H,19,22)/t14-/m0/s1. The number of rotatable bonds is 5. The minimum absolute atomic E-state index is 0.0701. The van der Waals surface area contributed by atoms with E-state index in [9.17, 15) is 13.2 Å². The van der Waals surface area contributed by atoms with E-state index in [1.54, 1.807) is 26.0 Å². The molecule has 0 bridgehead atoms. The van der Waals surface area contributed by atoms with Gasteiger partial charge in [0.1, 0.15) is 10.7 Å². The first-order chi connectivity index (χ1) is 12.3. The number of amides is 1. The fourth-order valence-electron chi connectivity index (χ4n) is 3.14. The molecule has 0 spiro atoms. The number of hydrogen-bond acceptors (Lipinski definition) is 5. The van der Waals surface area contributed by atoms with E-state index < -0.39 is 10.0 Å². The van der Waals surface area contributed by atoms with Crippen LogP contribution in [-0.4, -0.2) is 39.4 Å². The van der Waals surface area contributed by atoms with Gasteiger partial charge in [0.05, 0.1) is 18.3 Å². The highest BCUT2D eigenvalue weighted by Gasteiger charge is 2.32. The van der Waals surface area contributed by atoms with E-state index in [2.05, 4.69) is 9.71 Å². The van der Waals surface area contributed by atoms with Crippen molar-refractivity contribution in [1.82, 2.24) is 0 Å². The van der Waals surface area contributed by atoms with Crippen molar-refractivity contribution < 1.29 is 17.9 Å². The number of carbonyl (C=O) groups is 1. The second-order valence-electron chi connectivity index (χ2n) is 6.91.